The highest BCUT2D eigenvalue weighted by Crippen LogP contribution is 2.18. The summed E-state index contributed by atoms with van der Waals surface area (Å²) in [5, 5.41) is 8.75. The number of carbonyl (C=O) groups excluding carboxylic acids is 1. The second kappa shape index (κ2) is 4.60. The number of ether oxygens (including phenoxy) is 1. The topological polar surface area (TPSA) is 76.1 Å². The normalized spacial score (nSPS) is 10.1. The fraction of sp³-hybridized carbons (Fsp3) is 0.500. The second-order valence-corrected chi connectivity index (χ2v) is 3.22. The molecule has 0 aliphatic carbocycles. The number of carbonyl (C=O) groups is 1. The highest BCUT2D eigenvalue weighted by atomic mass is 16.5. The first-order chi connectivity index (χ1) is 7.10. The number of hydrogen-bond donors (Lipinski definition) is 0. The first-order valence-corrected chi connectivity index (χ1v) is 4.68. The monoisotopic (exact) mass is 208 g/mol. The Labute approximate surface area is 87.7 Å². The Bertz CT molecular complexity index is 401. The highest BCUT2D eigenvalue weighted by Gasteiger charge is 2.22. The van der Waals surface area contributed by atoms with E-state index in [4.69, 9.17) is 14.4 Å². The molecule has 1 aromatic heterocycles. The molecule has 0 spiro atoms. The zero-order chi connectivity index (χ0) is 11.4. The minimum absolute atomic E-state index is 0.0165. The van der Waals surface area contributed by atoms with Crippen LogP contribution in [-0.4, -0.2) is 17.6 Å². The summed E-state index contributed by atoms with van der Waals surface area (Å²) in [7, 11) is 0. The van der Waals surface area contributed by atoms with Gasteiger partial charge < -0.3 is 9.15 Å². The van der Waals surface area contributed by atoms with E-state index in [2.05, 4.69) is 4.98 Å². The van der Waals surface area contributed by atoms with E-state index < -0.39 is 5.97 Å². The van der Waals surface area contributed by atoms with E-state index in [0.717, 1.165) is 0 Å². The second-order valence-electron chi connectivity index (χ2n) is 3.22. The number of nitrogens with zero attached hydrogens (tertiary/aromatic N) is 2. The lowest BCUT2D eigenvalue weighted by Gasteiger charge is -1.97. The van der Waals surface area contributed by atoms with Crippen LogP contribution >= 0.6 is 0 Å². The molecule has 0 unspecified atom stereocenters. The molecule has 0 saturated heterocycles. The van der Waals surface area contributed by atoms with Crippen LogP contribution in [0, 0.1) is 11.3 Å². The molecule has 15 heavy (non-hydrogen) atoms. The molecule has 1 aromatic rings. The number of hydrogen-bond acceptors (Lipinski definition) is 5. The van der Waals surface area contributed by atoms with Crippen molar-refractivity contribution in [2.45, 2.75) is 26.7 Å². The molecule has 0 saturated carbocycles. The van der Waals surface area contributed by atoms with Gasteiger partial charge in [-0.2, -0.15) is 5.26 Å². The van der Waals surface area contributed by atoms with Gasteiger partial charge in [-0.05, 0) is 6.92 Å². The minimum atomic E-state index is -0.645. The van der Waals surface area contributed by atoms with Gasteiger partial charge in [0.1, 0.15) is 6.07 Å². The molecule has 0 radical (unpaired) electrons. The van der Waals surface area contributed by atoms with Crippen molar-refractivity contribution in [2.75, 3.05) is 6.61 Å². The third kappa shape index (κ3) is 2.34. The summed E-state index contributed by atoms with van der Waals surface area (Å²) in [5.41, 5.74) is -0.0165. The van der Waals surface area contributed by atoms with Gasteiger partial charge in [0.15, 0.2) is 11.6 Å². The average Bonchev–Trinajstić information content (AvgIpc) is 2.61. The maximum absolute atomic E-state index is 11.4. The molecule has 1 heterocycles. The summed E-state index contributed by atoms with van der Waals surface area (Å²) >= 11 is 0. The van der Waals surface area contributed by atoms with Crippen molar-refractivity contribution in [2.24, 2.45) is 0 Å². The van der Waals surface area contributed by atoms with Crippen LogP contribution < -0.4 is 0 Å². The highest BCUT2D eigenvalue weighted by molar-refractivity contribution is 5.88. The zero-order valence-corrected chi connectivity index (χ0v) is 8.90. The van der Waals surface area contributed by atoms with Gasteiger partial charge in [0, 0.05) is 5.92 Å². The predicted molar refractivity (Wildman–Crippen MR) is 51.3 cm³/mol. The molecular weight excluding hydrogens is 196 g/mol. The lowest BCUT2D eigenvalue weighted by Crippen LogP contribution is -2.05. The molecule has 0 atom stereocenters. The molecule has 0 aliphatic heterocycles. The number of oxazole rings is 1. The van der Waals surface area contributed by atoms with Gasteiger partial charge in [0.2, 0.25) is 5.76 Å². The van der Waals surface area contributed by atoms with Crippen LogP contribution in [0.3, 0.4) is 0 Å². The minimum Gasteiger partial charge on any atom is -0.460 e. The van der Waals surface area contributed by atoms with Gasteiger partial charge in [-0.1, -0.05) is 13.8 Å². The quantitative estimate of drug-likeness (QED) is 0.708. The lowest BCUT2D eigenvalue weighted by molar-refractivity contribution is 0.0487. The van der Waals surface area contributed by atoms with Crippen LogP contribution in [0.25, 0.3) is 0 Å². The molecule has 0 aromatic carbocycles. The molecule has 0 aliphatic rings. The van der Waals surface area contributed by atoms with Crippen LogP contribution in [0.1, 0.15) is 48.8 Å². The molecule has 0 bridgehead atoms. The zero-order valence-electron chi connectivity index (χ0n) is 8.90. The third-order valence-corrected chi connectivity index (χ3v) is 1.70. The average molecular weight is 208 g/mol. The van der Waals surface area contributed by atoms with E-state index >= 15 is 0 Å². The van der Waals surface area contributed by atoms with Crippen LogP contribution in [0.4, 0.5) is 0 Å². The van der Waals surface area contributed by atoms with Gasteiger partial charge in [-0.3, -0.25) is 0 Å². The van der Waals surface area contributed by atoms with Crippen molar-refractivity contribution < 1.29 is 13.9 Å². The van der Waals surface area contributed by atoms with E-state index in [0.29, 0.717) is 5.89 Å². The Kier molecular flexibility index (Phi) is 3.45. The number of nitriles is 1. The van der Waals surface area contributed by atoms with Crippen molar-refractivity contribution in [1.82, 2.24) is 4.98 Å². The van der Waals surface area contributed by atoms with E-state index in [9.17, 15) is 4.79 Å². The summed E-state index contributed by atoms with van der Waals surface area (Å²) in [5.74, 6) is -0.355. The predicted octanol–water partition coefficient (Wildman–Crippen LogP) is 1.85. The van der Waals surface area contributed by atoms with E-state index in [-0.39, 0.29) is 24.0 Å². The van der Waals surface area contributed by atoms with E-state index in [1.807, 2.05) is 13.8 Å². The number of aromatic nitrogens is 1. The summed E-state index contributed by atoms with van der Waals surface area (Å²) < 4.78 is 9.91. The molecular formula is C10H12N2O3. The summed E-state index contributed by atoms with van der Waals surface area (Å²) in [6, 6.07) is 1.80. The third-order valence-electron chi connectivity index (χ3n) is 1.70. The smallest absolute Gasteiger partial charge is 0.377 e. The van der Waals surface area contributed by atoms with Crippen LogP contribution in [0.15, 0.2) is 4.42 Å². The molecule has 0 fully saturated rings. The number of esters is 1. The molecule has 1 rings (SSSR count). The largest absolute Gasteiger partial charge is 0.460 e. The maximum atomic E-state index is 11.4. The van der Waals surface area contributed by atoms with E-state index in [1.165, 1.54) is 0 Å². The number of rotatable bonds is 3. The molecule has 5 heteroatoms. The van der Waals surface area contributed by atoms with Gasteiger partial charge in [-0.15, -0.1) is 0 Å². The van der Waals surface area contributed by atoms with Crippen LogP contribution in [0.5, 0.6) is 0 Å². The van der Waals surface area contributed by atoms with Gasteiger partial charge in [0.25, 0.3) is 0 Å². The van der Waals surface area contributed by atoms with Crippen molar-refractivity contribution in [1.29, 1.82) is 5.26 Å². The molecule has 0 N–H and O–H groups in total. The fourth-order valence-corrected chi connectivity index (χ4v) is 0.994. The summed E-state index contributed by atoms with van der Waals surface area (Å²) in [6.07, 6.45) is 0. The first-order valence-electron chi connectivity index (χ1n) is 4.68. The van der Waals surface area contributed by atoms with Crippen molar-refractivity contribution in [3.63, 3.8) is 0 Å². The molecule has 5 nitrogen and oxygen atoms in total. The Morgan fingerprint density at radius 3 is 2.80 bits per heavy atom. The Morgan fingerprint density at radius 1 is 1.67 bits per heavy atom. The Balaban J connectivity index is 3.07. The fourth-order valence-electron chi connectivity index (χ4n) is 0.994. The van der Waals surface area contributed by atoms with Gasteiger partial charge >= 0.3 is 5.97 Å². The van der Waals surface area contributed by atoms with Crippen molar-refractivity contribution in [3.05, 3.63) is 17.3 Å². The van der Waals surface area contributed by atoms with Gasteiger partial charge in [0.05, 0.1) is 6.61 Å². The molecule has 0 amide bonds. The lowest BCUT2D eigenvalue weighted by atomic mass is 10.2. The molecule has 80 valence electrons. The van der Waals surface area contributed by atoms with Crippen molar-refractivity contribution >= 4 is 5.97 Å². The van der Waals surface area contributed by atoms with Crippen LogP contribution in [0.2, 0.25) is 0 Å². The first kappa shape index (κ1) is 11.2. The summed E-state index contributed by atoms with van der Waals surface area (Å²) in [6.45, 7) is 5.65. The van der Waals surface area contributed by atoms with E-state index in [1.54, 1.807) is 13.0 Å². The standard InChI is InChI=1S/C10H12N2O3/c1-4-14-10(13)8-7(5-11)12-9(15-8)6(2)3/h6H,4H2,1-3H3. The Morgan fingerprint density at radius 2 is 2.33 bits per heavy atom. The SMILES string of the molecule is CCOC(=O)c1oc(C(C)C)nc1C#N. The van der Waals surface area contributed by atoms with Crippen LogP contribution in [-0.2, 0) is 4.74 Å². The maximum Gasteiger partial charge on any atom is 0.377 e. The summed E-state index contributed by atoms with van der Waals surface area (Å²) in [4.78, 5) is 15.3. The van der Waals surface area contributed by atoms with Gasteiger partial charge in [-0.25, -0.2) is 9.78 Å². The van der Waals surface area contributed by atoms with Crippen molar-refractivity contribution in [3.8, 4) is 6.07 Å². The Hall–Kier alpha value is -1.83.